The van der Waals surface area contributed by atoms with Crippen molar-refractivity contribution in [2.75, 3.05) is 38.2 Å². The lowest BCUT2D eigenvalue weighted by atomic mass is 10.1. The van der Waals surface area contributed by atoms with E-state index >= 15 is 0 Å². The number of methoxy groups -OCH3 is 1. The van der Waals surface area contributed by atoms with Crippen LogP contribution in [0.3, 0.4) is 0 Å². The Morgan fingerprint density at radius 1 is 1.04 bits per heavy atom. The molecule has 1 amide bonds. The maximum absolute atomic E-state index is 12.7. The maximum atomic E-state index is 12.7. The molecule has 0 bridgehead atoms. The van der Waals surface area contributed by atoms with Crippen LogP contribution in [0, 0.1) is 0 Å². The van der Waals surface area contributed by atoms with Crippen molar-refractivity contribution < 1.29 is 9.53 Å². The highest BCUT2D eigenvalue weighted by molar-refractivity contribution is 5.94. The number of anilines is 1. The third kappa shape index (κ3) is 3.59. The molecule has 2 aromatic heterocycles. The van der Waals surface area contributed by atoms with Gasteiger partial charge in [-0.25, -0.2) is 14.6 Å². The second-order valence-corrected chi connectivity index (χ2v) is 6.20. The van der Waals surface area contributed by atoms with Gasteiger partial charge in [0.2, 0.25) is 0 Å². The third-order valence-corrected chi connectivity index (χ3v) is 4.58. The number of carbonyl (C=O) groups excluding carboxylic acids is 1. The van der Waals surface area contributed by atoms with Gasteiger partial charge in [-0.2, -0.15) is 5.10 Å². The molecule has 8 heteroatoms. The minimum absolute atomic E-state index is 0.0217. The van der Waals surface area contributed by atoms with E-state index in [4.69, 9.17) is 4.74 Å². The smallest absolute Gasteiger partial charge is 0.254 e. The van der Waals surface area contributed by atoms with Crippen LogP contribution in [-0.2, 0) is 0 Å². The largest absolute Gasteiger partial charge is 0.497 e. The molecular weight excluding hydrogens is 344 g/mol. The maximum Gasteiger partial charge on any atom is 0.254 e. The number of rotatable bonds is 4. The third-order valence-electron chi connectivity index (χ3n) is 4.58. The Balaban J connectivity index is 1.43. The highest BCUT2D eigenvalue weighted by Gasteiger charge is 2.23. The van der Waals surface area contributed by atoms with Gasteiger partial charge in [-0.3, -0.25) is 4.79 Å². The average molecular weight is 364 g/mol. The standard InChI is InChI=1S/C19H20N6O2/c1-27-16-5-2-4-15(12-16)19(26)24-10-8-23(9-11-24)17-13-18(21-14-20-17)25-7-3-6-22-25/h2-7,12-14H,8-11H2,1H3. The van der Waals surface area contributed by atoms with Crippen LogP contribution >= 0.6 is 0 Å². The van der Waals surface area contributed by atoms with E-state index in [1.807, 2.05) is 41.4 Å². The Hall–Kier alpha value is -3.42. The van der Waals surface area contributed by atoms with Gasteiger partial charge in [-0.15, -0.1) is 0 Å². The zero-order valence-electron chi connectivity index (χ0n) is 15.0. The van der Waals surface area contributed by atoms with E-state index < -0.39 is 0 Å². The molecular formula is C19H20N6O2. The van der Waals surface area contributed by atoms with Crippen LogP contribution in [0.1, 0.15) is 10.4 Å². The van der Waals surface area contributed by atoms with Gasteiger partial charge < -0.3 is 14.5 Å². The Morgan fingerprint density at radius 2 is 1.85 bits per heavy atom. The molecule has 3 aromatic rings. The lowest BCUT2D eigenvalue weighted by Gasteiger charge is -2.35. The van der Waals surface area contributed by atoms with Gasteiger partial charge in [-0.05, 0) is 24.3 Å². The van der Waals surface area contributed by atoms with E-state index in [-0.39, 0.29) is 5.91 Å². The minimum atomic E-state index is 0.0217. The Labute approximate surface area is 157 Å². The molecule has 1 fully saturated rings. The van der Waals surface area contributed by atoms with Crippen LogP contribution in [0.4, 0.5) is 5.82 Å². The fraction of sp³-hybridized carbons (Fsp3) is 0.263. The highest BCUT2D eigenvalue weighted by Crippen LogP contribution is 2.18. The van der Waals surface area contributed by atoms with Crippen LogP contribution < -0.4 is 9.64 Å². The zero-order chi connectivity index (χ0) is 18.6. The van der Waals surface area contributed by atoms with Crippen molar-refractivity contribution in [2.45, 2.75) is 0 Å². The van der Waals surface area contributed by atoms with E-state index in [1.54, 1.807) is 30.4 Å². The Morgan fingerprint density at radius 3 is 2.59 bits per heavy atom. The van der Waals surface area contributed by atoms with Gasteiger partial charge in [0.25, 0.3) is 5.91 Å². The van der Waals surface area contributed by atoms with Gasteiger partial charge in [-0.1, -0.05) is 6.07 Å². The predicted molar refractivity (Wildman–Crippen MR) is 100 cm³/mol. The summed E-state index contributed by atoms with van der Waals surface area (Å²) in [6.07, 6.45) is 5.10. The molecule has 4 rings (SSSR count). The van der Waals surface area contributed by atoms with Crippen LogP contribution in [0.15, 0.2) is 55.1 Å². The summed E-state index contributed by atoms with van der Waals surface area (Å²) in [4.78, 5) is 25.4. The van der Waals surface area contributed by atoms with E-state index in [9.17, 15) is 4.79 Å². The molecule has 0 spiro atoms. The van der Waals surface area contributed by atoms with Gasteiger partial charge >= 0.3 is 0 Å². The number of benzene rings is 1. The second-order valence-electron chi connectivity index (χ2n) is 6.20. The van der Waals surface area contributed by atoms with E-state index in [0.717, 1.165) is 11.6 Å². The summed E-state index contributed by atoms with van der Waals surface area (Å²) < 4.78 is 6.91. The molecule has 1 aromatic carbocycles. The quantitative estimate of drug-likeness (QED) is 0.700. The van der Waals surface area contributed by atoms with Crippen molar-refractivity contribution in [1.82, 2.24) is 24.6 Å². The molecule has 3 heterocycles. The summed E-state index contributed by atoms with van der Waals surface area (Å²) in [5.41, 5.74) is 0.644. The van der Waals surface area contributed by atoms with Crippen LogP contribution in [0.5, 0.6) is 5.75 Å². The van der Waals surface area contributed by atoms with Crippen molar-refractivity contribution in [3.05, 3.63) is 60.7 Å². The molecule has 0 N–H and O–H groups in total. The fourth-order valence-electron chi connectivity index (χ4n) is 3.12. The first kappa shape index (κ1) is 17.0. The topological polar surface area (TPSA) is 76.4 Å². The molecule has 1 aliphatic rings. The molecule has 138 valence electrons. The number of aromatic nitrogens is 4. The second kappa shape index (κ2) is 7.45. The van der Waals surface area contributed by atoms with Crippen molar-refractivity contribution in [2.24, 2.45) is 0 Å². The highest BCUT2D eigenvalue weighted by atomic mass is 16.5. The lowest BCUT2D eigenvalue weighted by molar-refractivity contribution is 0.0746. The molecule has 1 aliphatic heterocycles. The fourth-order valence-corrected chi connectivity index (χ4v) is 3.12. The normalized spacial score (nSPS) is 14.3. The van der Waals surface area contributed by atoms with Gasteiger partial charge in [0.15, 0.2) is 5.82 Å². The Bertz CT molecular complexity index is 919. The molecule has 0 saturated carbocycles. The van der Waals surface area contributed by atoms with E-state index in [1.165, 1.54) is 0 Å². The number of amides is 1. The van der Waals surface area contributed by atoms with Gasteiger partial charge in [0.05, 0.1) is 7.11 Å². The molecule has 0 unspecified atom stereocenters. The molecule has 0 aliphatic carbocycles. The van der Waals surface area contributed by atoms with Crippen molar-refractivity contribution in [3.8, 4) is 11.6 Å². The van der Waals surface area contributed by atoms with E-state index in [2.05, 4.69) is 20.0 Å². The molecule has 1 saturated heterocycles. The number of ether oxygens (including phenoxy) is 1. The lowest BCUT2D eigenvalue weighted by Crippen LogP contribution is -2.49. The first-order chi connectivity index (χ1) is 13.2. The summed E-state index contributed by atoms with van der Waals surface area (Å²) in [5, 5.41) is 4.20. The summed E-state index contributed by atoms with van der Waals surface area (Å²) in [7, 11) is 1.60. The summed E-state index contributed by atoms with van der Waals surface area (Å²) in [5.74, 6) is 2.27. The van der Waals surface area contributed by atoms with Crippen LogP contribution in [-0.4, -0.2) is 63.8 Å². The van der Waals surface area contributed by atoms with Crippen LogP contribution in [0.2, 0.25) is 0 Å². The number of hydrogen-bond donors (Lipinski definition) is 0. The average Bonchev–Trinajstić information content (AvgIpc) is 3.28. The van der Waals surface area contributed by atoms with Crippen molar-refractivity contribution in [1.29, 1.82) is 0 Å². The summed E-state index contributed by atoms with van der Waals surface area (Å²) in [6.45, 7) is 2.70. The molecule has 0 radical (unpaired) electrons. The summed E-state index contributed by atoms with van der Waals surface area (Å²) in [6, 6.07) is 11.0. The van der Waals surface area contributed by atoms with E-state index in [0.29, 0.717) is 37.5 Å². The first-order valence-electron chi connectivity index (χ1n) is 8.75. The molecule has 0 atom stereocenters. The SMILES string of the molecule is COc1cccc(C(=O)N2CCN(c3cc(-n4cccn4)ncn3)CC2)c1. The Kier molecular flexibility index (Phi) is 4.69. The number of hydrogen-bond acceptors (Lipinski definition) is 6. The molecule has 27 heavy (non-hydrogen) atoms. The monoisotopic (exact) mass is 364 g/mol. The molecule has 8 nitrogen and oxygen atoms in total. The number of carbonyl (C=O) groups is 1. The first-order valence-corrected chi connectivity index (χ1v) is 8.75. The van der Waals surface area contributed by atoms with Crippen LogP contribution in [0.25, 0.3) is 5.82 Å². The van der Waals surface area contributed by atoms with Gasteiger partial charge in [0, 0.05) is 50.2 Å². The summed E-state index contributed by atoms with van der Waals surface area (Å²) >= 11 is 0. The van der Waals surface area contributed by atoms with Crippen molar-refractivity contribution >= 4 is 11.7 Å². The van der Waals surface area contributed by atoms with Crippen molar-refractivity contribution in [3.63, 3.8) is 0 Å². The minimum Gasteiger partial charge on any atom is -0.497 e. The zero-order valence-corrected chi connectivity index (χ0v) is 15.0. The number of nitrogens with zero attached hydrogens (tertiary/aromatic N) is 6. The predicted octanol–water partition coefficient (Wildman–Crippen LogP) is 1.63. The van der Waals surface area contributed by atoms with Gasteiger partial charge in [0.1, 0.15) is 17.9 Å². The number of piperazine rings is 1.